The van der Waals surface area contributed by atoms with Gasteiger partial charge in [-0.05, 0) is 26.2 Å². The summed E-state index contributed by atoms with van der Waals surface area (Å²) < 4.78 is 2.03. The molecule has 1 unspecified atom stereocenters. The number of nitrogens with two attached hydrogens (primary N) is 1. The summed E-state index contributed by atoms with van der Waals surface area (Å²) in [5, 5.41) is 7.98. The van der Waals surface area contributed by atoms with Crippen LogP contribution in [0.15, 0.2) is 6.33 Å². The van der Waals surface area contributed by atoms with E-state index in [0.717, 1.165) is 12.2 Å². The van der Waals surface area contributed by atoms with Crippen molar-refractivity contribution in [2.45, 2.75) is 46.2 Å². The minimum absolute atomic E-state index is 0.0000926. The van der Waals surface area contributed by atoms with E-state index in [9.17, 15) is 0 Å². The Morgan fingerprint density at radius 2 is 2.00 bits per heavy atom. The summed E-state index contributed by atoms with van der Waals surface area (Å²) in [6.07, 6.45) is 2.70. The van der Waals surface area contributed by atoms with Crippen LogP contribution in [-0.4, -0.2) is 14.8 Å². The van der Waals surface area contributed by atoms with Gasteiger partial charge in [0, 0.05) is 6.04 Å². The molecule has 1 rings (SSSR count). The molecule has 0 saturated carbocycles. The first-order valence-corrected chi connectivity index (χ1v) is 5.17. The molecule has 0 aromatic carbocycles. The fourth-order valence-electron chi connectivity index (χ4n) is 1.53. The fraction of sp³-hybridized carbons (Fsp3) is 0.800. The largest absolute Gasteiger partial charge is 0.321 e. The van der Waals surface area contributed by atoms with Gasteiger partial charge in [-0.3, -0.25) is 0 Å². The lowest BCUT2D eigenvalue weighted by Crippen LogP contribution is -2.19. The molecule has 0 spiro atoms. The Morgan fingerprint density at radius 3 is 2.50 bits per heavy atom. The second-order valence-corrected chi connectivity index (χ2v) is 4.43. The molecule has 0 amide bonds. The number of hydrogen-bond donors (Lipinski definition) is 1. The lowest BCUT2D eigenvalue weighted by atomic mass is 10.0. The van der Waals surface area contributed by atoms with Crippen LogP contribution in [0.25, 0.3) is 0 Å². The molecule has 0 aliphatic heterocycles. The third-order valence-electron chi connectivity index (χ3n) is 2.21. The molecular formula is C10H20N4. The molecule has 0 aliphatic carbocycles. The van der Waals surface area contributed by atoms with Gasteiger partial charge in [-0.1, -0.05) is 13.8 Å². The maximum absolute atomic E-state index is 6.06. The average Bonchev–Trinajstić information content (AvgIpc) is 2.49. The highest BCUT2D eigenvalue weighted by molar-refractivity contribution is 4.95. The van der Waals surface area contributed by atoms with Crippen molar-refractivity contribution >= 4 is 0 Å². The van der Waals surface area contributed by atoms with Crippen LogP contribution in [0.2, 0.25) is 0 Å². The topological polar surface area (TPSA) is 56.7 Å². The predicted molar refractivity (Wildman–Crippen MR) is 56.8 cm³/mol. The molecule has 0 aliphatic rings. The Hall–Kier alpha value is -0.900. The SMILES string of the molecule is CC(C)CC(N)c1nncn1C(C)C. The zero-order chi connectivity index (χ0) is 10.7. The highest BCUT2D eigenvalue weighted by Crippen LogP contribution is 2.18. The third kappa shape index (κ3) is 2.54. The molecule has 4 nitrogen and oxygen atoms in total. The van der Waals surface area contributed by atoms with E-state index in [0.29, 0.717) is 12.0 Å². The maximum Gasteiger partial charge on any atom is 0.150 e. The molecule has 2 N–H and O–H groups in total. The van der Waals surface area contributed by atoms with Crippen molar-refractivity contribution in [3.8, 4) is 0 Å². The van der Waals surface area contributed by atoms with Crippen LogP contribution >= 0.6 is 0 Å². The highest BCUT2D eigenvalue weighted by atomic mass is 15.3. The van der Waals surface area contributed by atoms with Crippen LogP contribution in [0, 0.1) is 5.92 Å². The van der Waals surface area contributed by atoms with E-state index in [2.05, 4.69) is 37.9 Å². The molecule has 0 bridgehead atoms. The van der Waals surface area contributed by atoms with Crippen molar-refractivity contribution in [2.24, 2.45) is 11.7 Å². The molecule has 1 heterocycles. The molecule has 1 aromatic heterocycles. The molecular weight excluding hydrogens is 176 g/mol. The van der Waals surface area contributed by atoms with Gasteiger partial charge >= 0.3 is 0 Å². The smallest absolute Gasteiger partial charge is 0.150 e. The summed E-state index contributed by atoms with van der Waals surface area (Å²) in [5.74, 6) is 1.48. The Kier molecular flexibility index (Phi) is 3.63. The summed E-state index contributed by atoms with van der Waals surface area (Å²) in [6, 6.07) is 0.373. The van der Waals surface area contributed by atoms with Gasteiger partial charge in [-0.25, -0.2) is 0 Å². The van der Waals surface area contributed by atoms with Crippen LogP contribution in [0.3, 0.4) is 0 Å². The highest BCUT2D eigenvalue weighted by Gasteiger charge is 2.16. The Bertz CT molecular complexity index is 277. The van der Waals surface area contributed by atoms with Crippen LogP contribution in [0.5, 0.6) is 0 Å². The van der Waals surface area contributed by atoms with E-state index in [4.69, 9.17) is 5.73 Å². The van der Waals surface area contributed by atoms with Crippen LogP contribution in [0.1, 0.15) is 52.0 Å². The minimum atomic E-state index is -0.0000926. The molecule has 1 aromatic rings. The van der Waals surface area contributed by atoms with E-state index in [1.807, 2.05) is 4.57 Å². The van der Waals surface area contributed by atoms with Crippen molar-refractivity contribution in [1.82, 2.24) is 14.8 Å². The van der Waals surface area contributed by atoms with Gasteiger partial charge in [-0.2, -0.15) is 0 Å². The first-order chi connectivity index (χ1) is 6.52. The summed E-state index contributed by atoms with van der Waals surface area (Å²) >= 11 is 0. The van der Waals surface area contributed by atoms with Gasteiger partial charge < -0.3 is 10.3 Å². The molecule has 0 radical (unpaired) electrons. The molecule has 4 heteroatoms. The zero-order valence-corrected chi connectivity index (χ0v) is 9.44. The second-order valence-electron chi connectivity index (χ2n) is 4.43. The lowest BCUT2D eigenvalue weighted by Gasteiger charge is -2.16. The van der Waals surface area contributed by atoms with Crippen LogP contribution < -0.4 is 5.73 Å². The molecule has 0 saturated heterocycles. The second kappa shape index (κ2) is 4.55. The summed E-state index contributed by atoms with van der Waals surface area (Å²) in [5.41, 5.74) is 6.06. The summed E-state index contributed by atoms with van der Waals surface area (Å²) in [4.78, 5) is 0. The number of hydrogen-bond acceptors (Lipinski definition) is 3. The van der Waals surface area contributed by atoms with Crippen molar-refractivity contribution in [3.63, 3.8) is 0 Å². The van der Waals surface area contributed by atoms with E-state index >= 15 is 0 Å². The maximum atomic E-state index is 6.06. The van der Waals surface area contributed by atoms with Gasteiger partial charge in [0.1, 0.15) is 12.2 Å². The van der Waals surface area contributed by atoms with E-state index in [-0.39, 0.29) is 6.04 Å². The minimum Gasteiger partial charge on any atom is -0.321 e. The number of aromatic nitrogens is 3. The standard InChI is InChI=1S/C10H20N4/c1-7(2)5-9(11)10-13-12-6-14(10)8(3)4/h6-9H,5,11H2,1-4H3. The molecule has 1 atom stereocenters. The van der Waals surface area contributed by atoms with Crippen LogP contribution in [0.4, 0.5) is 0 Å². The Labute approximate surface area is 85.5 Å². The fourth-order valence-corrected chi connectivity index (χ4v) is 1.53. The Balaban J connectivity index is 2.78. The van der Waals surface area contributed by atoms with Crippen LogP contribution in [-0.2, 0) is 0 Å². The van der Waals surface area contributed by atoms with Crippen molar-refractivity contribution < 1.29 is 0 Å². The first-order valence-electron chi connectivity index (χ1n) is 5.17. The first kappa shape index (κ1) is 11.2. The van der Waals surface area contributed by atoms with Gasteiger partial charge in [0.15, 0.2) is 0 Å². The third-order valence-corrected chi connectivity index (χ3v) is 2.21. The number of nitrogens with zero attached hydrogens (tertiary/aromatic N) is 3. The van der Waals surface area contributed by atoms with Gasteiger partial charge in [0.05, 0.1) is 6.04 Å². The average molecular weight is 196 g/mol. The van der Waals surface area contributed by atoms with E-state index in [1.165, 1.54) is 0 Å². The summed E-state index contributed by atoms with van der Waals surface area (Å²) in [6.45, 7) is 8.54. The Morgan fingerprint density at radius 1 is 1.36 bits per heavy atom. The van der Waals surface area contributed by atoms with Gasteiger partial charge in [-0.15, -0.1) is 10.2 Å². The van der Waals surface area contributed by atoms with E-state index in [1.54, 1.807) is 6.33 Å². The predicted octanol–water partition coefficient (Wildman–Crippen LogP) is 1.90. The van der Waals surface area contributed by atoms with Crippen molar-refractivity contribution in [3.05, 3.63) is 12.2 Å². The molecule has 0 fully saturated rings. The number of rotatable bonds is 4. The molecule has 14 heavy (non-hydrogen) atoms. The monoisotopic (exact) mass is 196 g/mol. The van der Waals surface area contributed by atoms with Gasteiger partial charge in [0.25, 0.3) is 0 Å². The molecule has 80 valence electrons. The van der Waals surface area contributed by atoms with Crippen molar-refractivity contribution in [1.29, 1.82) is 0 Å². The normalized spacial score (nSPS) is 13.9. The van der Waals surface area contributed by atoms with Gasteiger partial charge in [0.2, 0.25) is 0 Å². The summed E-state index contributed by atoms with van der Waals surface area (Å²) in [7, 11) is 0. The lowest BCUT2D eigenvalue weighted by molar-refractivity contribution is 0.458. The van der Waals surface area contributed by atoms with E-state index < -0.39 is 0 Å². The quantitative estimate of drug-likeness (QED) is 0.800. The zero-order valence-electron chi connectivity index (χ0n) is 9.44. The van der Waals surface area contributed by atoms with Crippen molar-refractivity contribution in [2.75, 3.05) is 0 Å².